The highest BCUT2D eigenvalue weighted by Gasteiger charge is 2.58. The summed E-state index contributed by atoms with van der Waals surface area (Å²) in [5.41, 5.74) is -2.37. The normalized spacial score (nSPS) is 17.5. The Labute approximate surface area is 208 Å². The van der Waals surface area contributed by atoms with Crippen molar-refractivity contribution in [3.8, 4) is 11.5 Å². The molecule has 1 heterocycles. The van der Waals surface area contributed by atoms with Gasteiger partial charge in [0.05, 0.1) is 20.3 Å². The summed E-state index contributed by atoms with van der Waals surface area (Å²) in [5.74, 6) is -1.07. The Kier molecular flexibility index (Phi) is 9.54. The van der Waals surface area contributed by atoms with Crippen molar-refractivity contribution >= 4 is 17.8 Å². The molecule has 0 saturated carbocycles. The van der Waals surface area contributed by atoms with Gasteiger partial charge >= 0.3 is 5.97 Å². The molecular weight excluding hydrogens is 450 g/mol. The third kappa shape index (κ3) is 5.72. The van der Waals surface area contributed by atoms with Crippen LogP contribution in [0.5, 0.6) is 11.5 Å². The monoisotopic (exact) mass is 491 g/mol. The molecule has 0 bridgehead atoms. The first-order chi connectivity index (χ1) is 16.5. The predicted molar refractivity (Wildman–Crippen MR) is 133 cm³/mol. The smallest absolute Gasteiger partial charge is 0.343 e. The fourth-order valence-electron chi connectivity index (χ4n) is 4.62. The second-order valence-electron chi connectivity index (χ2n) is 9.51. The zero-order valence-corrected chi connectivity index (χ0v) is 22.3. The average Bonchev–Trinajstić information content (AvgIpc) is 3.36. The number of likely N-dealkylation sites (N-methyl/N-ethyl adjacent to an activating group) is 2. The molecule has 2 N–H and O–H groups in total. The van der Waals surface area contributed by atoms with Crippen LogP contribution in [0.4, 0.5) is 0 Å². The fourth-order valence-corrected chi connectivity index (χ4v) is 4.62. The Morgan fingerprint density at radius 3 is 2.14 bits per heavy atom. The van der Waals surface area contributed by atoms with Gasteiger partial charge in [-0.05, 0) is 65.1 Å². The highest BCUT2D eigenvalue weighted by Crippen LogP contribution is 2.36. The van der Waals surface area contributed by atoms with Gasteiger partial charge in [0, 0.05) is 24.7 Å². The predicted octanol–water partition coefficient (Wildman–Crippen LogP) is 2.61. The number of hydrogen-bond donors (Lipinski definition) is 2. The highest BCUT2D eigenvalue weighted by atomic mass is 16.6. The number of carbonyl (C=O) groups is 3. The summed E-state index contributed by atoms with van der Waals surface area (Å²) in [6.07, 6.45) is 1.52. The van der Waals surface area contributed by atoms with Crippen molar-refractivity contribution in [2.24, 2.45) is 5.92 Å². The lowest BCUT2D eigenvalue weighted by Crippen LogP contribution is -2.70. The van der Waals surface area contributed by atoms with Crippen LogP contribution in [-0.4, -0.2) is 68.1 Å². The standard InChI is InChI=1S/C26H41N3O6/c1-9-27-23(31)26(17(3)4,29(10-2)22(30)21-12-11-13-28-21)24(32)35-25(5,6)18-14-19(33-7)16-20(15-18)34-8/h14-17,21,28H,9-13H2,1-8H3,(H,27,31)/t21-,26-/m0/s1. The lowest BCUT2D eigenvalue weighted by molar-refractivity contribution is -0.183. The molecule has 9 heteroatoms. The van der Waals surface area contributed by atoms with Gasteiger partial charge in [-0.1, -0.05) is 13.8 Å². The first-order valence-electron chi connectivity index (χ1n) is 12.3. The molecule has 9 nitrogen and oxygen atoms in total. The summed E-state index contributed by atoms with van der Waals surface area (Å²) in [6, 6.07) is 4.79. The molecule has 2 amide bonds. The average molecular weight is 492 g/mol. The summed E-state index contributed by atoms with van der Waals surface area (Å²) in [5, 5.41) is 5.97. The third-order valence-corrected chi connectivity index (χ3v) is 6.59. The van der Waals surface area contributed by atoms with E-state index < -0.39 is 35.0 Å². The topological polar surface area (TPSA) is 106 Å². The molecule has 0 spiro atoms. The molecule has 1 aromatic rings. The van der Waals surface area contributed by atoms with Crippen LogP contribution in [0.3, 0.4) is 0 Å². The van der Waals surface area contributed by atoms with Crippen molar-refractivity contribution in [2.75, 3.05) is 33.9 Å². The molecule has 1 aromatic carbocycles. The van der Waals surface area contributed by atoms with Crippen LogP contribution in [-0.2, 0) is 24.7 Å². The minimum atomic E-state index is -1.84. The van der Waals surface area contributed by atoms with Crippen LogP contribution in [0.2, 0.25) is 0 Å². The number of ether oxygens (including phenoxy) is 3. The number of carbonyl (C=O) groups excluding carboxylic acids is 3. The quantitative estimate of drug-likeness (QED) is 0.362. The Hall–Kier alpha value is -2.81. The summed E-state index contributed by atoms with van der Waals surface area (Å²) < 4.78 is 16.8. The van der Waals surface area contributed by atoms with Gasteiger partial charge in [0.25, 0.3) is 5.91 Å². The van der Waals surface area contributed by atoms with E-state index >= 15 is 0 Å². The molecule has 0 aromatic heterocycles. The van der Waals surface area contributed by atoms with E-state index in [1.807, 2.05) is 0 Å². The van der Waals surface area contributed by atoms with E-state index in [4.69, 9.17) is 14.2 Å². The second kappa shape index (κ2) is 11.7. The number of nitrogens with one attached hydrogen (secondary N) is 2. The third-order valence-electron chi connectivity index (χ3n) is 6.59. The van der Waals surface area contributed by atoms with Crippen molar-refractivity contribution in [1.29, 1.82) is 0 Å². The molecule has 2 rings (SSSR count). The molecule has 1 aliphatic heterocycles. The number of esters is 1. The van der Waals surface area contributed by atoms with Gasteiger partial charge in [-0.25, -0.2) is 4.79 Å². The largest absolute Gasteiger partial charge is 0.497 e. The minimum absolute atomic E-state index is 0.175. The maximum Gasteiger partial charge on any atom is 0.343 e. The van der Waals surface area contributed by atoms with Gasteiger partial charge in [-0.15, -0.1) is 0 Å². The van der Waals surface area contributed by atoms with Crippen molar-refractivity contribution in [3.63, 3.8) is 0 Å². The zero-order valence-electron chi connectivity index (χ0n) is 22.3. The molecule has 1 fully saturated rings. The zero-order chi connectivity index (χ0) is 26.4. The van der Waals surface area contributed by atoms with Crippen molar-refractivity contribution in [1.82, 2.24) is 15.5 Å². The molecule has 2 atom stereocenters. The first kappa shape index (κ1) is 28.4. The van der Waals surface area contributed by atoms with Crippen LogP contribution in [0.15, 0.2) is 18.2 Å². The number of methoxy groups -OCH3 is 2. The summed E-state index contributed by atoms with van der Waals surface area (Å²) >= 11 is 0. The Bertz CT molecular complexity index is 888. The lowest BCUT2D eigenvalue weighted by atomic mass is 9.82. The Morgan fingerprint density at radius 2 is 1.71 bits per heavy atom. The summed E-state index contributed by atoms with van der Waals surface area (Å²) in [4.78, 5) is 42.7. The Balaban J connectivity index is 2.58. The van der Waals surface area contributed by atoms with Crippen LogP contribution >= 0.6 is 0 Å². The van der Waals surface area contributed by atoms with E-state index in [9.17, 15) is 14.4 Å². The summed E-state index contributed by atoms with van der Waals surface area (Å²) in [7, 11) is 3.08. The van der Waals surface area contributed by atoms with Gasteiger partial charge in [0.1, 0.15) is 17.1 Å². The number of hydrogen-bond acceptors (Lipinski definition) is 7. The fraction of sp³-hybridized carbons (Fsp3) is 0.654. The van der Waals surface area contributed by atoms with Gasteiger partial charge in [-0.2, -0.15) is 0 Å². The van der Waals surface area contributed by atoms with Crippen LogP contribution < -0.4 is 20.1 Å². The van der Waals surface area contributed by atoms with Gasteiger partial charge in [0.2, 0.25) is 11.4 Å². The van der Waals surface area contributed by atoms with E-state index in [1.54, 1.807) is 59.7 Å². The van der Waals surface area contributed by atoms with Crippen molar-refractivity contribution in [3.05, 3.63) is 23.8 Å². The maximum absolute atomic E-state index is 14.1. The van der Waals surface area contributed by atoms with E-state index in [1.165, 1.54) is 19.1 Å². The van der Waals surface area contributed by atoms with Gasteiger partial charge in [0.15, 0.2) is 0 Å². The van der Waals surface area contributed by atoms with E-state index in [0.717, 1.165) is 13.0 Å². The number of amides is 2. The first-order valence-corrected chi connectivity index (χ1v) is 12.3. The lowest BCUT2D eigenvalue weighted by Gasteiger charge is -2.45. The van der Waals surface area contributed by atoms with Crippen LogP contribution in [0.25, 0.3) is 0 Å². The molecule has 0 aliphatic carbocycles. The van der Waals surface area contributed by atoms with E-state index in [2.05, 4.69) is 10.6 Å². The molecule has 0 radical (unpaired) electrons. The highest BCUT2D eigenvalue weighted by molar-refractivity contribution is 6.11. The maximum atomic E-state index is 14.1. The Morgan fingerprint density at radius 1 is 1.11 bits per heavy atom. The second-order valence-corrected chi connectivity index (χ2v) is 9.51. The molecule has 0 unspecified atom stereocenters. The molecular formula is C26H41N3O6. The molecule has 1 saturated heterocycles. The van der Waals surface area contributed by atoms with E-state index in [-0.39, 0.29) is 12.5 Å². The van der Waals surface area contributed by atoms with Crippen LogP contribution in [0.1, 0.15) is 59.9 Å². The van der Waals surface area contributed by atoms with Crippen molar-refractivity contribution in [2.45, 2.75) is 71.6 Å². The number of benzene rings is 1. The van der Waals surface area contributed by atoms with E-state index in [0.29, 0.717) is 30.0 Å². The van der Waals surface area contributed by atoms with Crippen LogP contribution in [0, 0.1) is 5.92 Å². The van der Waals surface area contributed by atoms with Gasteiger partial charge < -0.3 is 29.7 Å². The molecule has 196 valence electrons. The number of nitrogens with zero attached hydrogens (tertiary/aromatic N) is 1. The summed E-state index contributed by atoms with van der Waals surface area (Å²) in [6.45, 7) is 11.7. The SMILES string of the molecule is CCNC(=O)[C@](C(=O)OC(C)(C)c1cc(OC)cc(OC)c1)(C(C)C)N(CC)C(=O)[C@@H]1CCCN1. The number of rotatable bonds is 11. The van der Waals surface area contributed by atoms with Crippen molar-refractivity contribution < 1.29 is 28.6 Å². The molecule has 1 aliphatic rings. The minimum Gasteiger partial charge on any atom is -0.497 e. The molecule has 35 heavy (non-hydrogen) atoms. The van der Waals surface area contributed by atoms with Gasteiger partial charge in [-0.3, -0.25) is 9.59 Å².